The van der Waals surface area contributed by atoms with Crippen molar-refractivity contribution in [1.82, 2.24) is 19.8 Å². The van der Waals surface area contributed by atoms with Crippen molar-refractivity contribution in [3.05, 3.63) is 50.1 Å². The van der Waals surface area contributed by atoms with E-state index < -0.39 is 5.25 Å². The minimum absolute atomic E-state index is 0.125. The molecule has 0 saturated carbocycles. The third-order valence-electron chi connectivity index (χ3n) is 5.85. The first-order valence-electron chi connectivity index (χ1n) is 10.6. The van der Waals surface area contributed by atoms with E-state index in [1.54, 1.807) is 11.5 Å². The Morgan fingerprint density at radius 1 is 1.25 bits per heavy atom. The van der Waals surface area contributed by atoms with Gasteiger partial charge in [0.05, 0.1) is 16.3 Å². The minimum Gasteiger partial charge on any atom is -0.336 e. The summed E-state index contributed by atoms with van der Waals surface area (Å²) in [6, 6.07) is 5.49. The smallest absolute Gasteiger partial charge is 0.324 e. The zero-order valence-corrected chi connectivity index (χ0v) is 20.4. The monoisotopic (exact) mass is 470 g/mol. The fraction of sp³-hybridized carbons (Fsp3) is 0.391. The van der Waals surface area contributed by atoms with E-state index in [4.69, 9.17) is 4.98 Å². The molecule has 1 aliphatic heterocycles. The van der Waals surface area contributed by atoms with Crippen molar-refractivity contribution in [2.24, 2.45) is 0 Å². The Labute approximate surface area is 194 Å². The number of fused-ring (bicyclic) bond motifs is 1. The van der Waals surface area contributed by atoms with Crippen LogP contribution in [0.5, 0.6) is 0 Å². The molecule has 2 aromatic heterocycles. The molecule has 9 heteroatoms. The van der Waals surface area contributed by atoms with Crippen LogP contribution in [-0.2, 0) is 11.2 Å². The number of benzene rings is 1. The maximum Gasteiger partial charge on any atom is 0.324 e. The number of hydrogen-bond acceptors (Lipinski definition) is 6. The lowest BCUT2D eigenvalue weighted by Gasteiger charge is -2.19. The molecule has 1 saturated heterocycles. The third-order valence-corrected chi connectivity index (χ3v) is 7.93. The molecule has 1 aliphatic rings. The van der Waals surface area contributed by atoms with Gasteiger partial charge in [-0.1, -0.05) is 24.8 Å². The molecule has 1 fully saturated rings. The molecule has 0 bridgehead atoms. The first-order chi connectivity index (χ1) is 15.2. The summed E-state index contributed by atoms with van der Waals surface area (Å²) in [6.07, 6.45) is 0.751. The van der Waals surface area contributed by atoms with Crippen LogP contribution in [0.2, 0.25) is 0 Å². The van der Waals surface area contributed by atoms with E-state index in [0.717, 1.165) is 33.7 Å². The Bertz CT molecular complexity index is 1290. The second-order valence-electron chi connectivity index (χ2n) is 7.96. The third kappa shape index (κ3) is 3.84. The lowest BCUT2D eigenvalue weighted by Crippen LogP contribution is -2.39. The van der Waals surface area contributed by atoms with Crippen molar-refractivity contribution in [2.45, 2.75) is 51.4 Å². The normalized spacial score (nSPS) is 14.8. The van der Waals surface area contributed by atoms with Crippen molar-refractivity contribution in [3.8, 4) is 5.69 Å². The molecule has 0 aliphatic carbocycles. The average Bonchev–Trinajstić information content (AvgIpc) is 3.32. The number of nitrogens with zero attached hydrogens (tertiary/aromatic N) is 3. The van der Waals surface area contributed by atoms with Gasteiger partial charge in [0, 0.05) is 18.0 Å². The number of carbonyl (C=O) groups excluding carboxylic acids is 2. The highest BCUT2D eigenvalue weighted by Gasteiger charge is 2.31. The Kier molecular flexibility index (Phi) is 6.13. The number of nitrogens with one attached hydrogen (secondary N) is 1. The first-order valence-corrected chi connectivity index (χ1v) is 12.3. The number of thioether (sulfide) groups is 1. The number of aromatic nitrogens is 2. The number of rotatable bonds is 5. The Hall–Kier alpha value is -2.65. The SMILES string of the molecule is CCc1c(C)sc2nc(SC(C)C(=O)N3CCNC3=O)n(-c3ccc(C)c(C)c3)c(=O)c12. The zero-order valence-electron chi connectivity index (χ0n) is 18.8. The summed E-state index contributed by atoms with van der Waals surface area (Å²) >= 11 is 2.72. The van der Waals surface area contributed by atoms with Crippen LogP contribution in [0.3, 0.4) is 0 Å². The highest BCUT2D eigenvalue weighted by molar-refractivity contribution is 8.00. The fourth-order valence-electron chi connectivity index (χ4n) is 3.90. The molecule has 32 heavy (non-hydrogen) atoms. The summed E-state index contributed by atoms with van der Waals surface area (Å²) < 4.78 is 1.61. The predicted molar refractivity (Wildman–Crippen MR) is 129 cm³/mol. The number of thiophene rings is 1. The largest absolute Gasteiger partial charge is 0.336 e. The summed E-state index contributed by atoms with van der Waals surface area (Å²) in [5.41, 5.74) is 3.82. The van der Waals surface area contributed by atoms with E-state index in [-0.39, 0.29) is 17.5 Å². The van der Waals surface area contributed by atoms with Crippen LogP contribution in [0.4, 0.5) is 4.79 Å². The van der Waals surface area contributed by atoms with Crippen LogP contribution in [-0.4, -0.2) is 44.7 Å². The summed E-state index contributed by atoms with van der Waals surface area (Å²) in [5, 5.41) is 3.18. The second kappa shape index (κ2) is 8.71. The van der Waals surface area contributed by atoms with Gasteiger partial charge in [0.25, 0.3) is 5.56 Å². The highest BCUT2D eigenvalue weighted by Crippen LogP contribution is 2.32. The predicted octanol–water partition coefficient (Wildman–Crippen LogP) is 3.97. The lowest BCUT2D eigenvalue weighted by molar-refractivity contribution is -0.126. The molecule has 168 valence electrons. The molecular weight excluding hydrogens is 444 g/mol. The number of urea groups is 1. The van der Waals surface area contributed by atoms with Crippen LogP contribution >= 0.6 is 23.1 Å². The van der Waals surface area contributed by atoms with Gasteiger partial charge in [-0.3, -0.25) is 19.1 Å². The van der Waals surface area contributed by atoms with E-state index >= 15 is 0 Å². The van der Waals surface area contributed by atoms with Crippen molar-refractivity contribution in [3.63, 3.8) is 0 Å². The molecule has 0 spiro atoms. The summed E-state index contributed by atoms with van der Waals surface area (Å²) in [7, 11) is 0. The van der Waals surface area contributed by atoms with Gasteiger partial charge in [-0.25, -0.2) is 9.78 Å². The molecule has 3 amide bonds. The molecule has 1 unspecified atom stereocenters. The van der Waals surface area contributed by atoms with E-state index in [1.165, 1.54) is 28.0 Å². The summed E-state index contributed by atoms with van der Waals surface area (Å²) in [5.74, 6) is -0.289. The Balaban J connectivity index is 1.86. The van der Waals surface area contributed by atoms with Gasteiger partial charge >= 0.3 is 6.03 Å². The fourth-order valence-corrected chi connectivity index (χ4v) is 6.05. The quantitative estimate of drug-likeness (QED) is 0.451. The number of hydrogen-bond donors (Lipinski definition) is 1. The van der Waals surface area contributed by atoms with Crippen LogP contribution in [0.1, 0.15) is 35.4 Å². The molecule has 0 radical (unpaired) electrons. The minimum atomic E-state index is -0.576. The Morgan fingerprint density at radius 2 is 2.00 bits per heavy atom. The van der Waals surface area contributed by atoms with Gasteiger partial charge in [0.1, 0.15) is 4.83 Å². The number of amides is 3. The topological polar surface area (TPSA) is 84.3 Å². The first kappa shape index (κ1) is 22.5. The van der Waals surface area contributed by atoms with E-state index in [9.17, 15) is 14.4 Å². The van der Waals surface area contributed by atoms with Crippen LogP contribution in [0.15, 0.2) is 28.2 Å². The van der Waals surface area contributed by atoms with Crippen LogP contribution in [0.25, 0.3) is 15.9 Å². The molecule has 3 heterocycles. The van der Waals surface area contributed by atoms with E-state index in [1.807, 2.05) is 45.9 Å². The lowest BCUT2D eigenvalue weighted by atomic mass is 10.1. The summed E-state index contributed by atoms with van der Waals surface area (Å²) in [4.78, 5) is 46.4. The van der Waals surface area contributed by atoms with E-state index in [0.29, 0.717) is 28.5 Å². The van der Waals surface area contributed by atoms with Gasteiger partial charge in [0.15, 0.2) is 5.16 Å². The molecule has 1 aromatic carbocycles. The number of imide groups is 1. The van der Waals surface area contributed by atoms with Crippen molar-refractivity contribution in [1.29, 1.82) is 0 Å². The van der Waals surface area contributed by atoms with Crippen molar-refractivity contribution in [2.75, 3.05) is 13.1 Å². The molecular formula is C23H26N4O3S2. The molecule has 4 rings (SSSR count). The molecule has 1 atom stereocenters. The second-order valence-corrected chi connectivity index (χ2v) is 10.5. The molecule has 7 nitrogen and oxygen atoms in total. The van der Waals surface area contributed by atoms with Crippen molar-refractivity contribution >= 4 is 45.3 Å². The Morgan fingerprint density at radius 3 is 2.62 bits per heavy atom. The van der Waals surface area contributed by atoms with Gasteiger partial charge in [-0.15, -0.1) is 11.3 Å². The van der Waals surface area contributed by atoms with E-state index in [2.05, 4.69) is 5.32 Å². The van der Waals surface area contributed by atoms with Gasteiger partial charge in [0.2, 0.25) is 5.91 Å². The van der Waals surface area contributed by atoms with Crippen LogP contribution in [0, 0.1) is 20.8 Å². The zero-order chi connectivity index (χ0) is 23.2. The highest BCUT2D eigenvalue weighted by atomic mass is 32.2. The number of carbonyl (C=O) groups is 2. The maximum atomic E-state index is 13.8. The summed E-state index contributed by atoms with van der Waals surface area (Å²) in [6.45, 7) is 10.6. The van der Waals surface area contributed by atoms with Gasteiger partial charge < -0.3 is 5.32 Å². The number of aryl methyl sites for hydroxylation is 4. The van der Waals surface area contributed by atoms with Crippen LogP contribution < -0.4 is 10.9 Å². The van der Waals surface area contributed by atoms with Crippen molar-refractivity contribution < 1.29 is 9.59 Å². The van der Waals surface area contributed by atoms with Gasteiger partial charge in [-0.2, -0.15) is 0 Å². The molecule has 1 N–H and O–H groups in total. The maximum absolute atomic E-state index is 13.8. The molecule has 3 aromatic rings. The average molecular weight is 471 g/mol. The standard InChI is InChI=1S/C23H26N4O3S2/c1-6-17-14(4)31-19-18(17)21(29)27(16-8-7-12(2)13(3)11-16)23(25-19)32-15(5)20(28)26-10-9-24-22(26)30/h7-8,11,15H,6,9-10H2,1-5H3,(H,24,30). The van der Waals surface area contributed by atoms with Gasteiger partial charge in [-0.05, 0) is 62.9 Å².